The lowest BCUT2D eigenvalue weighted by molar-refractivity contribution is 0.0601. The number of aromatic nitrogens is 2. The van der Waals surface area contributed by atoms with Crippen molar-refractivity contribution in [2.75, 3.05) is 19.6 Å². The van der Waals surface area contributed by atoms with Gasteiger partial charge in [0.2, 0.25) is 0 Å². The molecule has 1 amide bonds. The van der Waals surface area contributed by atoms with Gasteiger partial charge in [-0.2, -0.15) is 0 Å². The molecule has 0 radical (unpaired) electrons. The van der Waals surface area contributed by atoms with Crippen molar-refractivity contribution >= 4 is 5.91 Å². The van der Waals surface area contributed by atoms with Crippen LogP contribution in [0.1, 0.15) is 59.9 Å². The first kappa shape index (κ1) is 16.3. The van der Waals surface area contributed by atoms with Crippen molar-refractivity contribution in [1.29, 1.82) is 0 Å². The molecule has 1 atom stereocenters. The second-order valence-corrected chi connectivity index (χ2v) is 7.17. The molecule has 1 aromatic heterocycles. The minimum Gasteiger partial charge on any atom is -0.347 e. The van der Waals surface area contributed by atoms with Crippen LogP contribution in [0.3, 0.4) is 0 Å². The van der Waals surface area contributed by atoms with Crippen LogP contribution in [-0.2, 0) is 6.54 Å². The first-order valence-corrected chi connectivity index (χ1v) is 9.43. The zero-order valence-corrected chi connectivity index (χ0v) is 14.7. The molecule has 4 rings (SSSR count). The standard InChI is InChI=1S/C20H26N4O/c25-20(24-13-2-1-8-18(24)19-21-9-10-22-19)17-7-5-6-16(14-17)15-23-11-3-4-12-23/h5-7,9-10,14,18H,1-4,8,11-13,15H2,(H,21,22). The van der Waals surface area contributed by atoms with Gasteiger partial charge in [-0.15, -0.1) is 0 Å². The molecule has 3 heterocycles. The smallest absolute Gasteiger partial charge is 0.254 e. The van der Waals surface area contributed by atoms with Crippen LogP contribution in [0.2, 0.25) is 0 Å². The fourth-order valence-corrected chi connectivity index (χ4v) is 4.09. The summed E-state index contributed by atoms with van der Waals surface area (Å²) in [5, 5.41) is 0. The third-order valence-corrected chi connectivity index (χ3v) is 5.38. The van der Waals surface area contributed by atoms with Gasteiger partial charge in [0.25, 0.3) is 5.91 Å². The maximum atomic E-state index is 13.2. The largest absolute Gasteiger partial charge is 0.347 e. The molecule has 0 bridgehead atoms. The van der Waals surface area contributed by atoms with E-state index < -0.39 is 0 Å². The van der Waals surface area contributed by atoms with Crippen LogP contribution in [0, 0.1) is 0 Å². The minimum atomic E-state index is 0.0680. The predicted octanol–water partition coefficient (Wildman–Crippen LogP) is 3.37. The summed E-state index contributed by atoms with van der Waals surface area (Å²) < 4.78 is 0. The van der Waals surface area contributed by atoms with Crippen molar-refractivity contribution in [2.24, 2.45) is 0 Å². The number of nitrogens with zero attached hydrogens (tertiary/aromatic N) is 3. The van der Waals surface area contributed by atoms with Crippen LogP contribution < -0.4 is 0 Å². The van der Waals surface area contributed by atoms with E-state index in [9.17, 15) is 4.79 Å². The Morgan fingerprint density at radius 2 is 2.00 bits per heavy atom. The predicted molar refractivity (Wildman–Crippen MR) is 97.2 cm³/mol. The number of carbonyl (C=O) groups excluding carboxylic acids is 1. The number of piperidine rings is 1. The van der Waals surface area contributed by atoms with Gasteiger partial charge in [-0.3, -0.25) is 9.69 Å². The second kappa shape index (κ2) is 7.40. The fourth-order valence-electron chi connectivity index (χ4n) is 4.09. The molecule has 2 fully saturated rings. The molecule has 0 aliphatic carbocycles. The van der Waals surface area contributed by atoms with Crippen molar-refractivity contribution < 1.29 is 4.79 Å². The molecule has 132 valence electrons. The molecule has 25 heavy (non-hydrogen) atoms. The lowest BCUT2D eigenvalue weighted by Gasteiger charge is -2.34. The Hall–Kier alpha value is -2.14. The van der Waals surface area contributed by atoms with Crippen molar-refractivity contribution in [2.45, 2.75) is 44.7 Å². The summed E-state index contributed by atoms with van der Waals surface area (Å²) >= 11 is 0. The summed E-state index contributed by atoms with van der Waals surface area (Å²) in [6.45, 7) is 4.10. The minimum absolute atomic E-state index is 0.0680. The van der Waals surface area contributed by atoms with Crippen LogP contribution >= 0.6 is 0 Å². The third-order valence-electron chi connectivity index (χ3n) is 5.38. The average Bonchev–Trinajstić information content (AvgIpc) is 3.35. The van der Waals surface area contributed by atoms with Crippen LogP contribution in [-0.4, -0.2) is 45.3 Å². The van der Waals surface area contributed by atoms with Crippen molar-refractivity contribution in [3.8, 4) is 0 Å². The molecule has 2 saturated heterocycles. The topological polar surface area (TPSA) is 52.2 Å². The Bertz CT molecular complexity index is 706. The van der Waals surface area contributed by atoms with E-state index in [1.165, 1.54) is 31.5 Å². The van der Waals surface area contributed by atoms with Gasteiger partial charge < -0.3 is 9.88 Å². The molecule has 0 spiro atoms. The van der Waals surface area contributed by atoms with E-state index in [2.05, 4.69) is 27.0 Å². The number of H-pyrrole nitrogens is 1. The van der Waals surface area contributed by atoms with Gasteiger partial charge in [0.1, 0.15) is 5.82 Å². The number of hydrogen-bond donors (Lipinski definition) is 1. The number of benzene rings is 1. The third kappa shape index (κ3) is 3.61. The number of nitrogens with one attached hydrogen (secondary N) is 1. The highest BCUT2D eigenvalue weighted by atomic mass is 16.2. The maximum absolute atomic E-state index is 13.2. The number of imidazole rings is 1. The highest BCUT2D eigenvalue weighted by Gasteiger charge is 2.30. The molecule has 1 unspecified atom stereocenters. The van der Waals surface area contributed by atoms with E-state index in [0.717, 1.165) is 43.7 Å². The average molecular weight is 338 g/mol. The molecule has 1 aromatic carbocycles. The number of rotatable bonds is 4. The Morgan fingerprint density at radius 3 is 2.80 bits per heavy atom. The lowest BCUT2D eigenvalue weighted by atomic mass is 9.99. The quantitative estimate of drug-likeness (QED) is 0.930. The summed E-state index contributed by atoms with van der Waals surface area (Å²) in [6.07, 6.45) is 9.37. The fraction of sp³-hybridized carbons (Fsp3) is 0.500. The molecule has 2 aliphatic rings. The van der Waals surface area contributed by atoms with Crippen LogP contribution in [0.4, 0.5) is 0 Å². The molecule has 2 aromatic rings. The zero-order chi connectivity index (χ0) is 17.1. The molecule has 1 N–H and O–H groups in total. The van der Waals surface area contributed by atoms with Crippen molar-refractivity contribution in [1.82, 2.24) is 19.8 Å². The number of carbonyl (C=O) groups is 1. The van der Waals surface area contributed by atoms with Gasteiger partial charge in [-0.05, 0) is 62.9 Å². The van der Waals surface area contributed by atoms with Crippen molar-refractivity contribution in [3.05, 3.63) is 53.6 Å². The van der Waals surface area contributed by atoms with Crippen LogP contribution in [0.25, 0.3) is 0 Å². The number of likely N-dealkylation sites (tertiary alicyclic amines) is 2. The SMILES string of the molecule is O=C(c1cccc(CN2CCCC2)c1)N1CCCCC1c1ncc[nH]1. The molecule has 5 heteroatoms. The van der Waals surface area contributed by atoms with Gasteiger partial charge in [0, 0.05) is 31.0 Å². The number of aromatic amines is 1. The maximum Gasteiger partial charge on any atom is 0.254 e. The van der Waals surface area contributed by atoms with Crippen LogP contribution in [0.15, 0.2) is 36.7 Å². The normalized spacial score (nSPS) is 21.6. The lowest BCUT2D eigenvalue weighted by Crippen LogP contribution is -2.39. The Kier molecular flexibility index (Phi) is 4.83. The summed E-state index contributed by atoms with van der Waals surface area (Å²) in [6, 6.07) is 8.25. The second-order valence-electron chi connectivity index (χ2n) is 7.17. The highest BCUT2D eigenvalue weighted by molar-refractivity contribution is 5.94. The van der Waals surface area contributed by atoms with E-state index in [4.69, 9.17) is 0 Å². The monoisotopic (exact) mass is 338 g/mol. The number of hydrogen-bond acceptors (Lipinski definition) is 3. The molecule has 5 nitrogen and oxygen atoms in total. The van der Waals surface area contributed by atoms with Gasteiger partial charge in [0.05, 0.1) is 6.04 Å². The first-order chi connectivity index (χ1) is 12.3. The van der Waals surface area contributed by atoms with E-state index in [1.54, 1.807) is 6.20 Å². The Balaban J connectivity index is 1.52. The number of amides is 1. The summed E-state index contributed by atoms with van der Waals surface area (Å²) in [5.74, 6) is 1.03. The summed E-state index contributed by atoms with van der Waals surface area (Å²) in [5.41, 5.74) is 2.04. The Labute approximate surface area is 149 Å². The van der Waals surface area contributed by atoms with Gasteiger partial charge in [0.15, 0.2) is 0 Å². The Morgan fingerprint density at radius 1 is 1.16 bits per heavy atom. The highest BCUT2D eigenvalue weighted by Crippen LogP contribution is 2.30. The zero-order valence-electron chi connectivity index (χ0n) is 14.7. The summed E-state index contributed by atoms with van der Waals surface area (Å²) in [7, 11) is 0. The molecule has 0 saturated carbocycles. The summed E-state index contributed by atoms with van der Waals surface area (Å²) in [4.78, 5) is 25.2. The molecule has 2 aliphatic heterocycles. The van der Waals surface area contributed by atoms with Gasteiger partial charge in [-0.25, -0.2) is 4.98 Å². The van der Waals surface area contributed by atoms with E-state index in [0.29, 0.717) is 0 Å². The van der Waals surface area contributed by atoms with E-state index in [1.807, 2.05) is 23.2 Å². The first-order valence-electron chi connectivity index (χ1n) is 9.43. The van der Waals surface area contributed by atoms with Gasteiger partial charge >= 0.3 is 0 Å². The van der Waals surface area contributed by atoms with E-state index >= 15 is 0 Å². The van der Waals surface area contributed by atoms with E-state index in [-0.39, 0.29) is 11.9 Å². The van der Waals surface area contributed by atoms with Gasteiger partial charge in [-0.1, -0.05) is 12.1 Å². The van der Waals surface area contributed by atoms with Crippen molar-refractivity contribution in [3.63, 3.8) is 0 Å². The molecular weight excluding hydrogens is 312 g/mol. The van der Waals surface area contributed by atoms with Crippen LogP contribution in [0.5, 0.6) is 0 Å². The molecular formula is C20H26N4O.